The topological polar surface area (TPSA) is 79.2 Å². The highest BCUT2D eigenvalue weighted by atomic mass is 16.5. The monoisotopic (exact) mass is 447 g/mol. The maximum Gasteiger partial charge on any atom is 0.174 e. The van der Waals surface area contributed by atoms with Gasteiger partial charge in [0, 0.05) is 36.2 Å². The largest absolute Gasteiger partial charge is 0.508 e. The second kappa shape index (κ2) is 6.73. The van der Waals surface area contributed by atoms with Gasteiger partial charge in [0.1, 0.15) is 5.75 Å². The van der Waals surface area contributed by atoms with Gasteiger partial charge in [-0.3, -0.25) is 9.69 Å². The number of carbonyl (C=O) groups excluding carboxylic acids is 1. The van der Waals surface area contributed by atoms with Crippen molar-refractivity contribution in [1.82, 2.24) is 4.90 Å². The molecule has 0 aromatic heterocycles. The van der Waals surface area contributed by atoms with Gasteiger partial charge in [-0.2, -0.15) is 0 Å². The van der Waals surface area contributed by atoms with Crippen LogP contribution in [0, 0.1) is 5.92 Å². The fourth-order valence-corrected chi connectivity index (χ4v) is 7.38. The van der Waals surface area contributed by atoms with E-state index in [2.05, 4.69) is 17.0 Å². The van der Waals surface area contributed by atoms with Crippen LogP contribution in [0.25, 0.3) is 0 Å². The Labute approximate surface area is 193 Å². The number of nitrogens with zero attached hydrogens (tertiary/aromatic N) is 1. The molecular weight excluding hydrogens is 418 g/mol. The Bertz CT molecular complexity index is 1140. The Morgan fingerprint density at radius 3 is 2.73 bits per heavy atom. The maximum absolute atomic E-state index is 13.3. The molecule has 1 unspecified atom stereocenters. The van der Waals surface area contributed by atoms with E-state index in [1.807, 2.05) is 18.2 Å². The van der Waals surface area contributed by atoms with Crippen molar-refractivity contribution < 1.29 is 24.5 Å². The minimum Gasteiger partial charge on any atom is -0.508 e. The molecular formula is C27H29NO5. The number of carbonyl (C=O) groups is 1. The summed E-state index contributed by atoms with van der Waals surface area (Å²) in [5.74, 6) is 1.20. The Kier molecular flexibility index (Phi) is 4.05. The normalized spacial score (nSPS) is 34.1. The molecule has 2 N–H and O–H groups in total. The van der Waals surface area contributed by atoms with Crippen molar-refractivity contribution in [3.63, 3.8) is 0 Å². The lowest BCUT2D eigenvalue weighted by molar-refractivity contribution is -0.218. The first-order valence-electron chi connectivity index (χ1n) is 12.2. The fourth-order valence-electron chi connectivity index (χ4n) is 7.38. The van der Waals surface area contributed by atoms with Gasteiger partial charge in [-0.15, -0.1) is 0 Å². The molecule has 7 rings (SSSR count). The smallest absolute Gasteiger partial charge is 0.174 e. The molecule has 3 aliphatic carbocycles. The van der Waals surface area contributed by atoms with E-state index in [9.17, 15) is 15.0 Å². The summed E-state index contributed by atoms with van der Waals surface area (Å²) in [4.78, 5) is 15.8. The summed E-state index contributed by atoms with van der Waals surface area (Å²) in [7, 11) is 0. The highest BCUT2D eigenvalue weighted by Crippen LogP contribution is 2.67. The summed E-state index contributed by atoms with van der Waals surface area (Å²) in [6.45, 7) is 2.38. The van der Waals surface area contributed by atoms with Crippen LogP contribution in [-0.4, -0.2) is 51.7 Å². The number of aromatic hydroxyl groups is 2. The number of phenolic OH excluding ortho intramolecular Hbond substituents is 2. The van der Waals surface area contributed by atoms with Crippen LogP contribution in [0.1, 0.15) is 48.8 Å². The molecule has 5 aliphatic rings. The van der Waals surface area contributed by atoms with E-state index in [4.69, 9.17) is 9.47 Å². The molecule has 1 spiro atoms. The highest BCUT2D eigenvalue weighted by Gasteiger charge is 2.74. The first-order chi connectivity index (χ1) is 16.0. The number of ether oxygens (including phenoxy) is 2. The zero-order valence-corrected chi connectivity index (χ0v) is 18.6. The molecule has 2 heterocycles. The van der Waals surface area contributed by atoms with E-state index < -0.39 is 17.1 Å². The molecule has 2 saturated carbocycles. The van der Waals surface area contributed by atoms with E-state index in [1.165, 1.54) is 18.9 Å². The number of likely N-dealkylation sites (tertiary alicyclic amines) is 1. The van der Waals surface area contributed by atoms with Gasteiger partial charge in [0.15, 0.2) is 23.4 Å². The Hall–Kier alpha value is -2.57. The number of hydrogen-bond acceptors (Lipinski definition) is 6. The van der Waals surface area contributed by atoms with Crippen molar-refractivity contribution in [2.75, 3.05) is 13.1 Å². The van der Waals surface area contributed by atoms with Crippen molar-refractivity contribution >= 4 is 5.78 Å². The van der Waals surface area contributed by atoms with Crippen LogP contribution >= 0.6 is 0 Å². The van der Waals surface area contributed by atoms with Gasteiger partial charge in [0.05, 0.1) is 17.6 Å². The summed E-state index contributed by atoms with van der Waals surface area (Å²) in [5.41, 5.74) is 1.47. The second-order valence-electron chi connectivity index (χ2n) is 10.6. The summed E-state index contributed by atoms with van der Waals surface area (Å²) in [5, 5.41) is 21.6. The first kappa shape index (κ1) is 19.9. The standard InChI is InChI=1S/C27H29NO5/c29-19-8-9-27(32-15-17-4-2-1-3-5-17)22-12-18-20(30)13-21(31)24-23(18)26(27,25(19)33-24)10-11-28(22)14-16-6-7-16/h1-5,13,16,22,25,30-31H,6-12,14-15H2/t22-,25?,26+,27-/m1/s1. The lowest BCUT2D eigenvalue weighted by Gasteiger charge is -2.64. The molecule has 2 aromatic carbocycles. The average Bonchev–Trinajstić information content (AvgIpc) is 3.56. The molecule has 6 heteroatoms. The number of phenols is 2. The van der Waals surface area contributed by atoms with Crippen LogP contribution < -0.4 is 4.74 Å². The summed E-state index contributed by atoms with van der Waals surface area (Å²) < 4.78 is 13.3. The second-order valence-corrected chi connectivity index (χ2v) is 10.6. The van der Waals surface area contributed by atoms with Crippen LogP contribution in [0.2, 0.25) is 0 Å². The van der Waals surface area contributed by atoms with E-state index in [-0.39, 0.29) is 23.3 Å². The van der Waals surface area contributed by atoms with Crippen LogP contribution in [0.4, 0.5) is 0 Å². The quantitative estimate of drug-likeness (QED) is 0.731. The van der Waals surface area contributed by atoms with Crippen molar-refractivity contribution in [3.05, 3.63) is 53.1 Å². The summed E-state index contributed by atoms with van der Waals surface area (Å²) in [6.07, 6.45) is 4.29. The number of piperidine rings is 1. The van der Waals surface area contributed by atoms with E-state index in [1.54, 1.807) is 0 Å². The van der Waals surface area contributed by atoms with Gasteiger partial charge < -0.3 is 19.7 Å². The molecule has 2 aromatic rings. The number of ketones is 1. The molecule has 33 heavy (non-hydrogen) atoms. The van der Waals surface area contributed by atoms with E-state index in [0.717, 1.165) is 42.1 Å². The number of hydrogen-bond donors (Lipinski definition) is 2. The lowest BCUT2D eigenvalue weighted by atomic mass is 9.48. The minimum absolute atomic E-state index is 0.0589. The predicted octanol–water partition coefficient (Wildman–Crippen LogP) is 3.46. The molecule has 2 aliphatic heterocycles. The van der Waals surface area contributed by atoms with Crippen molar-refractivity contribution in [2.24, 2.45) is 5.92 Å². The van der Waals surface area contributed by atoms with E-state index >= 15 is 0 Å². The summed E-state index contributed by atoms with van der Waals surface area (Å²) in [6, 6.07) is 11.6. The van der Waals surface area contributed by atoms with Crippen LogP contribution in [0.15, 0.2) is 36.4 Å². The molecule has 4 atom stereocenters. The van der Waals surface area contributed by atoms with Crippen LogP contribution in [0.3, 0.4) is 0 Å². The maximum atomic E-state index is 13.3. The van der Waals surface area contributed by atoms with Gasteiger partial charge in [-0.05, 0) is 50.1 Å². The van der Waals surface area contributed by atoms with Crippen molar-refractivity contribution in [2.45, 2.75) is 68.3 Å². The van der Waals surface area contributed by atoms with Crippen LogP contribution in [0.5, 0.6) is 17.2 Å². The van der Waals surface area contributed by atoms with Gasteiger partial charge in [0.25, 0.3) is 0 Å². The Balaban J connectivity index is 1.42. The van der Waals surface area contributed by atoms with Gasteiger partial charge >= 0.3 is 0 Å². The predicted molar refractivity (Wildman–Crippen MR) is 120 cm³/mol. The van der Waals surface area contributed by atoms with Crippen LogP contribution in [-0.2, 0) is 28.0 Å². The van der Waals surface area contributed by atoms with Crippen molar-refractivity contribution in [3.8, 4) is 17.2 Å². The van der Waals surface area contributed by atoms with Gasteiger partial charge in [-0.25, -0.2) is 0 Å². The molecule has 0 amide bonds. The van der Waals surface area contributed by atoms with Gasteiger partial charge in [0.2, 0.25) is 0 Å². The van der Waals surface area contributed by atoms with Crippen molar-refractivity contribution in [1.29, 1.82) is 0 Å². The Morgan fingerprint density at radius 1 is 1.12 bits per heavy atom. The molecule has 6 nitrogen and oxygen atoms in total. The highest BCUT2D eigenvalue weighted by molar-refractivity contribution is 5.90. The SMILES string of the molecule is O=C1CC[C@@]2(OCc3ccccc3)[C@H]3Cc4c(O)cc(O)c5c4[C@@]2(CCN3CC2CC2)C1O5. The average molecular weight is 448 g/mol. The fraction of sp³-hybridized carbons (Fsp3) is 0.519. The lowest BCUT2D eigenvalue weighted by Crippen LogP contribution is -2.77. The number of Topliss-reactive ketones (excluding diaryl/α,β-unsaturated/α-hetero) is 1. The number of benzene rings is 2. The van der Waals surface area contributed by atoms with Gasteiger partial charge in [-0.1, -0.05) is 30.3 Å². The molecule has 1 saturated heterocycles. The molecule has 172 valence electrons. The number of rotatable bonds is 5. The zero-order chi connectivity index (χ0) is 22.4. The third-order valence-corrected chi connectivity index (χ3v) is 8.96. The Morgan fingerprint density at radius 2 is 1.94 bits per heavy atom. The first-order valence-corrected chi connectivity index (χ1v) is 12.2. The third kappa shape index (κ3) is 2.54. The molecule has 2 bridgehead atoms. The zero-order valence-electron chi connectivity index (χ0n) is 18.6. The third-order valence-electron chi connectivity index (χ3n) is 8.96. The minimum atomic E-state index is -0.680. The summed E-state index contributed by atoms with van der Waals surface area (Å²) >= 11 is 0. The molecule has 3 fully saturated rings. The molecule has 0 radical (unpaired) electrons. The van der Waals surface area contributed by atoms with E-state index in [0.29, 0.717) is 31.6 Å².